The number of aryl methyl sites for hydroxylation is 1. The van der Waals surface area contributed by atoms with E-state index in [1.54, 1.807) is 23.1 Å². The molecule has 1 aromatic carbocycles. The molecule has 0 atom stereocenters. The minimum absolute atomic E-state index is 0.0436. The summed E-state index contributed by atoms with van der Waals surface area (Å²) in [5, 5.41) is 9.66. The van der Waals surface area contributed by atoms with E-state index in [1.807, 2.05) is 6.92 Å². The van der Waals surface area contributed by atoms with Crippen molar-refractivity contribution < 1.29 is 14.6 Å². The molecule has 0 unspecified atom stereocenters. The highest BCUT2D eigenvalue weighted by Gasteiger charge is 2.20. The molecule has 1 heterocycles. The quantitative estimate of drug-likeness (QED) is 0.774. The molecular formula is C12H15NO3. The van der Waals surface area contributed by atoms with Gasteiger partial charge in [0.2, 0.25) is 0 Å². The third-order valence-corrected chi connectivity index (χ3v) is 2.68. The Bertz CT molecular complexity index is 397. The number of rotatable bonds is 1. The van der Waals surface area contributed by atoms with Crippen molar-refractivity contribution in [3.8, 4) is 5.75 Å². The van der Waals surface area contributed by atoms with Crippen LogP contribution in [0.4, 0.5) is 0 Å². The van der Waals surface area contributed by atoms with E-state index in [0.29, 0.717) is 31.9 Å². The number of phenolic OH excluding ortho intramolecular Hbond substituents is 1. The van der Waals surface area contributed by atoms with Crippen molar-refractivity contribution in [2.45, 2.75) is 6.92 Å². The van der Waals surface area contributed by atoms with Crippen LogP contribution in [0.15, 0.2) is 18.2 Å². The average molecular weight is 221 g/mol. The number of carbonyl (C=O) groups excluding carboxylic acids is 1. The van der Waals surface area contributed by atoms with Crippen molar-refractivity contribution in [2.24, 2.45) is 0 Å². The molecule has 1 fully saturated rings. The largest absolute Gasteiger partial charge is 0.507 e. The van der Waals surface area contributed by atoms with Crippen molar-refractivity contribution in [2.75, 3.05) is 26.3 Å². The van der Waals surface area contributed by atoms with E-state index >= 15 is 0 Å². The Kier molecular flexibility index (Phi) is 3.10. The third kappa shape index (κ3) is 2.17. The predicted molar refractivity (Wildman–Crippen MR) is 59.6 cm³/mol. The van der Waals surface area contributed by atoms with Crippen LogP contribution < -0.4 is 0 Å². The summed E-state index contributed by atoms with van der Waals surface area (Å²) >= 11 is 0. The van der Waals surface area contributed by atoms with E-state index in [0.717, 1.165) is 5.56 Å². The molecule has 0 aromatic heterocycles. The first-order valence-corrected chi connectivity index (χ1v) is 5.35. The van der Waals surface area contributed by atoms with Gasteiger partial charge in [-0.2, -0.15) is 0 Å². The maximum Gasteiger partial charge on any atom is 0.257 e. The first-order chi connectivity index (χ1) is 7.68. The van der Waals surface area contributed by atoms with Gasteiger partial charge in [0, 0.05) is 13.1 Å². The molecule has 1 N–H and O–H groups in total. The summed E-state index contributed by atoms with van der Waals surface area (Å²) in [7, 11) is 0. The van der Waals surface area contributed by atoms with Crippen LogP contribution in [-0.2, 0) is 4.74 Å². The van der Waals surface area contributed by atoms with Gasteiger partial charge in [0.25, 0.3) is 5.91 Å². The summed E-state index contributed by atoms with van der Waals surface area (Å²) in [6, 6.07) is 5.06. The molecule has 0 radical (unpaired) electrons. The van der Waals surface area contributed by atoms with E-state index in [9.17, 15) is 9.90 Å². The number of aromatic hydroxyl groups is 1. The van der Waals surface area contributed by atoms with E-state index in [4.69, 9.17) is 4.74 Å². The number of morpholine rings is 1. The number of amides is 1. The number of hydrogen-bond acceptors (Lipinski definition) is 3. The first kappa shape index (κ1) is 11.0. The molecule has 86 valence electrons. The second kappa shape index (κ2) is 4.53. The zero-order chi connectivity index (χ0) is 11.5. The fourth-order valence-corrected chi connectivity index (χ4v) is 1.76. The molecular weight excluding hydrogens is 206 g/mol. The predicted octanol–water partition coefficient (Wildman–Crippen LogP) is 1.17. The fourth-order valence-electron chi connectivity index (χ4n) is 1.76. The van der Waals surface area contributed by atoms with Crippen LogP contribution in [0.2, 0.25) is 0 Å². The molecule has 4 heteroatoms. The second-order valence-electron chi connectivity index (χ2n) is 3.93. The number of benzene rings is 1. The lowest BCUT2D eigenvalue weighted by atomic mass is 10.1. The standard InChI is InChI=1S/C12H15NO3/c1-9-2-3-11(14)10(8-9)12(15)13-4-6-16-7-5-13/h2-3,8,14H,4-7H2,1H3. The molecule has 1 aromatic rings. The number of phenols is 1. The zero-order valence-electron chi connectivity index (χ0n) is 9.27. The molecule has 1 aliphatic rings. The van der Waals surface area contributed by atoms with Gasteiger partial charge in [0.1, 0.15) is 5.75 Å². The van der Waals surface area contributed by atoms with E-state index < -0.39 is 0 Å². The summed E-state index contributed by atoms with van der Waals surface area (Å²) < 4.78 is 5.18. The normalized spacial score (nSPS) is 16.2. The fraction of sp³-hybridized carbons (Fsp3) is 0.417. The zero-order valence-corrected chi connectivity index (χ0v) is 9.27. The Morgan fingerprint density at radius 3 is 2.75 bits per heavy atom. The van der Waals surface area contributed by atoms with Gasteiger partial charge in [-0.3, -0.25) is 4.79 Å². The van der Waals surface area contributed by atoms with Gasteiger partial charge in [0.05, 0.1) is 18.8 Å². The van der Waals surface area contributed by atoms with Crippen LogP contribution >= 0.6 is 0 Å². The van der Waals surface area contributed by atoms with Gasteiger partial charge in [-0.05, 0) is 19.1 Å². The highest BCUT2D eigenvalue weighted by atomic mass is 16.5. The van der Waals surface area contributed by atoms with Crippen molar-refractivity contribution in [1.82, 2.24) is 4.90 Å². The van der Waals surface area contributed by atoms with Crippen molar-refractivity contribution in [3.05, 3.63) is 29.3 Å². The summed E-state index contributed by atoms with van der Waals surface area (Å²) in [5.41, 5.74) is 1.34. The molecule has 1 aliphatic heterocycles. The average Bonchev–Trinajstić information content (AvgIpc) is 2.32. The van der Waals surface area contributed by atoms with Gasteiger partial charge >= 0.3 is 0 Å². The Balaban J connectivity index is 2.22. The van der Waals surface area contributed by atoms with E-state index in [2.05, 4.69) is 0 Å². The van der Waals surface area contributed by atoms with E-state index in [-0.39, 0.29) is 11.7 Å². The Morgan fingerprint density at radius 2 is 2.06 bits per heavy atom. The lowest BCUT2D eigenvalue weighted by Gasteiger charge is -2.27. The lowest BCUT2D eigenvalue weighted by Crippen LogP contribution is -2.40. The summed E-state index contributed by atoms with van der Waals surface area (Å²) in [6.45, 7) is 4.21. The Morgan fingerprint density at radius 1 is 1.38 bits per heavy atom. The van der Waals surface area contributed by atoms with Gasteiger partial charge in [-0.15, -0.1) is 0 Å². The molecule has 0 saturated carbocycles. The van der Waals surface area contributed by atoms with Crippen LogP contribution in [0, 0.1) is 6.92 Å². The molecule has 0 bridgehead atoms. The SMILES string of the molecule is Cc1ccc(O)c(C(=O)N2CCOCC2)c1. The monoisotopic (exact) mass is 221 g/mol. The van der Waals surface area contributed by atoms with E-state index in [1.165, 1.54) is 0 Å². The molecule has 2 rings (SSSR count). The highest BCUT2D eigenvalue weighted by Crippen LogP contribution is 2.20. The minimum atomic E-state index is -0.121. The molecule has 4 nitrogen and oxygen atoms in total. The number of carbonyl (C=O) groups is 1. The van der Waals surface area contributed by atoms with Crippen LogP contribution in [-0.4, -0.2) is 42.2 Å². The maximum absolute atomic E-state index is 12.1. The van der Waals surface area contributed by atoms with Gasteiger partial charge in [-0.1, -0.05) is 11.6 Å². The van der Waals surface area contributed by atoms with Crippen molar-refractivity contribution >= 4 is 5.91 Å². The topological polar surface area (TPSA) is 49.8 Å². The van der Waals surface area contributed by atoms with Crippen LogP contribution in [0.1, 0.15) is 15.9 Å². The number of nitrogens with zero attached hydrogens (tertiary/aromatic N) is 1. The van der Waals surface area contributed by atoms with Gasteiger partial charge < -0.3 is 14.7 Å². The van der Waals surface area contributed by atoms with Crippen LogP contribution in [0.5, 0.6) is 5.75 Å². The Hall–Kier alpha value is -1.55. The highest BCUT2D eigenvalue weighted by molar-refractivity contribution is 5.97. The summed E-state index contributed by atoms with van der Waals surface area (Å²) in [5.74, 6) is -0.0772. The Labute approximate surface area is 94.4 Å². The van der Waals surface area contributed by atoms with Gasteiger partial charge in [0.15, 0.2) is 0 Å². The molecule has 1 saturated heterocycles. The summed E-state index contributed by atoms with van der Waals surface area (Å²) in [4.78, 5) is 13.8. The van der Waals surface area contributed by atoms with Crippen molar-refractivity contribution in [3.63, 3.8) is 0 Å². The first-order valence-electron chi connectivity index (χ1n) is 5.35. The third-order valence-electron chi connectivity index (χ3n) is 2.68. The number of hydrogen-bond donors (Lipinski definition) is 1. The molecule has 0 spiro atoms. The van der Waals surface area contributed by atoms with Gasteiger partial charge in [-0.25, -0.2) is 0 Å². The van der Waals surface area contributed by atoms with Crippen LogP contribution in [0.3, 0.4) is 0 Å². The number of ether oxygens (including phenoxy) is 1. The smallest absolute Gasteiger partial charge is 0.257 e. The van der Waals surface area contributed by atoms with Crippen molar-refractivity contribution in [1.29, 1.82) is 0 Å². The maximum atomic E-state index is 12.1. The second-order valence-corrected chi connectivity index (χ2v) is 3.93. The molecule has 1 amide bonds. The summed E-state index contributed by atoms with van der Waals surface area (Å²) in [6.07, 6.45) is 0. The van der Waals surface area contributed by atoms with Crippen LogP contribution in [0.25, 0.3) is 0 Å². The molecule has 0 aliphatic carbocycles. The molecule has 16 heavy (non-hydrogen) atoms. The lowest BCUT2D eigenvalue weighted by molar-refractivity contribution is 0.0301. The minimum Gasteiger partial charge on any atom is -0.507 e.